The van der Waals surface area contributed by atoms with E-state index in [2.05, 4.69) is 10.2 Å². The van der Waals surface area contributed by atoms with E-state index >= 15 is 0 Å². The second kappa shape index (κ2) is 13.8. The predicted octanol–water partition coefficient (Wildman–Crippen LogP) is 2.65. The van der Waals surface area contributed by atoms with E-state index in [0.717, 1.165) is 18.7 Å². The van der Waals surface area contributed by atoms with Crippen LogP contribution in [0, 0.1) is 5.82 Å². The highest BCUT2D eigenvalue weighted by molar-refractivity contribution is 6.06. The molecule has 2 fully saturated rings. The molecular weight excluding hydrogens is 521 g/mol. The zero-order valence-corrected chi connectivity index (χ0v) is 23.4. The van der Waals surface area contributed by atoms with Gasteiger partial charge in [0, 0.05) is 31.6 Å². The summed E-state index contributed by atoms with van der Waals surface area (Å²) in [5.41, 5.74) is 0.785. The standard InChI is InChI=1S/C25H26FN3O7.2C2H6/c26-18-12-15(13-28-8-10-35-11-9-28)4-5-16(18)14-36-20-3-1-2-17-22(20)25(33,34)29(24(17)32)19-6-7-21(30)27-23(19)31;2*1-2/h1-5,12,19,33-34H,6-11,13-14H2,(H,27,30,31);2*1-2H3. The molecule has 0 bridgehead atoms. The molecule has 0 aromatic heterocycles. The number of morpholine rings is 1. The van der Waals surface area contributed by atoms with Crippen molar-refractivity contribution < 1.29 is 38.5 Å². The lowest BCUT2D eigenvalue weighted by molar-refractivity contribution is -0.260. The maximum atomic E-state index is 14.8. The third-order valence-electron chi connectivity index (χ3n) is 6.68. The van der Waals surface area contributed by atoms with Gasteiger partial charge in [0.2, 0.25) is 11.8 Å². The van der Waals surface area contributed by atoms with Crippen LogP contribution in [0.25, 0.3) is 0 Å². The largest absolute Gasteiger partial charge is 0.488 e. The Morgan fingerprint density at radius 3 is 2.42 bits per heavy atom. The number of hydrogen-bond acceptors (Lipinski definition) is 8. The number of ether oxygens (including phenoxy) is 2. The van der Waals surface area contributed by atoms with Gasteiger partial charge in [0.05, 0.1) is 24.3 Å². The van der Waals surface area contributed by atoms with Crippen molar-refractivity contribution in [1.82, 2.24) is 15.1 Å². The van der Waals surface area contributed by atoms with Crippen molar-refractivity contribution in [3.63, 3.8) is 0 Å². The number of aliphatic hydroxyl groups is 2. The van der Waals surface area contributed by atoms with Crippen LogP contribution < -0.4 is 10.1 Å². The number of nitrogens with one attached hydrogen (secondary N) is 1. The van der Waals surface area contributed by atoms with Crippen LogP contribution in [-0.4, -0.2) is 70.1 Å². The first-order chi connectivity index (χ1) is 19.3. The number of nitrogens with zero attached hydrogens (tertiary/aromatic N) is 2. The summed E-state index contributed by atoms with van der Waals surface area (Å²) in [5.74, 6) is -5.42. The zero-order chi connectivity index (χ0) is 29.4. The van der Waals surface area contributed by atoms with Crippen LogP contribution in [0.3, 0.4) is 0 Å². The van der Waals surface area contributed by atoms with Crippen LogP contribution in [0.15, 0.2) is 36.4 Å². The molecule has 3 amide bonds. The molecule has 2 aromatic carbocycles. The first kappa shape index (κ1) is 31.2. The third kappa shape index (κ3) is 6.49. The fourth-order valence-corrected chi connectivity index (χ4v) is 4.83. The van der Waals surface area contributed by atoms with Gasteiger partial charge < -0.3 is 19.7 Å². The minimum absolute atomic E-state index is 0.0302. The highest BCUT2D eigenvalue weighted by atomic mass is 19.1. The molecule has 2 saturated heterocycles. The van der Waals surface area contributed by atoms with Gasteiger partial charge >= 0.3 is 0 Å². The van der Waals surface area contributed by atoms with Gasteiger partial charge in [-0.3, -0.25) is 29.5 Å². The Balaban J connectivity index is 0.00000106. The van der Waals surface area contributed by atoms with Gasteiger partial charge in [-0.2, -0.15) is 0 Å². The molecule has 218 valence electrons. The van der Waals surface area contributed by atoms with E-state index in [0.29, 0.717) is 24.7 Å². The second-order valence-corrected chi connectivity index (χ2v) is 9.06. The molecule has 40 heavy (non-hydrogen) atoms. The van der Waals surface area contributed by atoms with Crippen LogP contribution in [0.4, 0.5) is 4.39 Å². The van der Waals surface area contributed by atoms with E-state index in [9.17, 15) is 29.0 Å². The molecule has 0 spiro atoms. The third-order valence-corrected chi connectivity index (χ3v) is 6.68. The number of carbonyl (C=O) groups is 3. The van der Waals surface area contributed by atoms with E-state index in [1.165, 1.54) is 24.3 Å². The fourth-order valence-electron chi connectivity index (χ4n) is 4.83. The van der Waals surface area contributed by atoms with Gasteiger partial charge in [-0.05, 0) is 30.2 Å². The average Bonchev–Trinajstić information content (AvgIpc) is 3.16. The second-order valence-electron chi connectivity index (χ2n) is 9.06. The minimum atomic E-state index is -2.86. The highest BCUT2D eigenvalue weighted by Crippen LogP contribution is 2.43. The van der Waals surface area contributed by atoms with Gasteiger partial charge in [-0.25, -0.2) is 4.39 Å². The van der Waals surface area contributed by atoms with Gasteiger partial charge in [-0.1, -0.05) is 45.9 Å². The lowest BCUT2D eigenvalue weighted by Crippen LogP contribution is -2.58. The van der Waals surface area contributed by atoms with Gasteiger partial charge in [-0.15, -0.1) is 0 Å². The number of imide groups is 1. The summed E-state index contributed by atoms with van der Waals surface area (Å²) in [6.45, 7) is 11.2. The summed E-state index contributed by atoms with van der Waals surface area (Å²) >= 11 is 0. The van der Waals surface area contributed by atoms with Crippen molar-refractivity contribution in [2.45, 2.75) is 65.6 Å². The van der Waals surface area contributed by atoms with Crippen LogP contribution in [0.2, 0.25) is 0 Å². The van der Waals surface area contributed by atoms with E-state index in [-0.39, 0.29) is 41.9 Å². The summed E-state index contributed by atoms with van der Waals surface area (Å²) in [6, 6.07) is 7.94. The SMILES string of the molecule is CC.CC.O=C1CCC(N2C(=O)c3cccc(OCc4ccc(CN5CCOCC5)cc4F)c3C2(O)O)C(=O)N1. The maximum Gasteiger partial charge on any atom is 0.282 e. The van der Waals surface area contributed by atoms with Crippen LogP contribution in [0.1, 0.15) is 67.6 Å². The van der Waals surface area contributed by atoms with Gasteiger partial charge in [0.15, 0.2) is 0 Å². The number of halogens is 1. The Bertz CT molecular complexity index is 1210. The van der Waals surface area contributed by atoms with Crippen molar-refractivity contribution in [2.24, 2.45) is 0 Å². The van der Waals surface area contributed by atoms with Crippen LogP contribution >= 0.6 is 0 Å². The Morgan fingerprint density at radius 1 is 1.07 bits per heavy atom. The Morgan fingerprint density at radius 2 is 1.77 bits per heavy atom. The lowest BCUT2D eigenvalue weighted by Gasteiger charge is -2.36. The summed E-state index contributed by atoms with van der Waals surface area (Å²) < 4.78 is 25.9. The number of hydrogen-bond donors (Lipinski definition) is 3. The molecule has 3 aliphatic heterocycles. The van der Waals surface area contributed by atoms with E-state index in [1.807, 2.05) is 33.8 Å². The smallest absolute Gasteiger partial charge is 0.282 e. The molecule has 10 nitrogen and oxygen atoms in total. The molecule has 2 aromatic rings. The Hall–Kier alpha value is -3.38. The summed E-state index contributed by atoms with van der Waals surface area (Å²) in [7, 11) is 0. The predicted molar refractivity (Wildman–Crippen MR) is 144 cm³/mol. The van der Waals surface area contributed by atoms with Crippen LogP contribution in [-0.2, 0) is 33.4 Å². The molecule has 11 heteroatoms. The first-order valence-electron chi connectivity index (χ1n) is 13.7. The molecule has 0 aliphatic carbocycles. The molecule has 3 N–H and O–H groups in total. The molecule has 1 atom stereocenters. The van der Waals surface area contributed by atoms with E-state index in [4.69, 9.17) is 9.47 Å². The number of rotatable bonds is 6. The molecule has 3 aliphatic rings. The molecule has 1 unspecified atom stereocenters. The molecule has 0 saturated carbocycles. The summed E-state index contributed by atoms with van der Waals surface area (Å²) in [6.07, 6.45) is -0.0950. The number of carbonyl (C=O) groups excluding carboxylic acids is 3. The molecule has 0 radical (unpaired) electrons. The number of fused-ring (bicyclic) bond motifs is 1. The average molecular weight is 560 g/mol. The number of piperidine rings is 1. The van der Waals surface area contributed by atoms with Crippen molar-refractivity contribution in [1.29, 1.82) is 0 Å². The Labute approximate surface area is 233 Å². The van der Waals surface area contributed by atoms with Gasteiger partial charge in [0.1, 0.15) is 24.2 Å². The van der Waals surface area contributed by atoms with E-state index < -0.39 is 35.5 Å². The zero-order valence-electron chi connectivity index (χ0n) is 23.4. The van der Waals surface area contributed by atoms with E-state index in [1.54, 1.807) is 6.07 Å². The summed E-state index contributed by atoms with van der Waals surface area (Å²) in [5, 5.41) is 24.0. The van der Waals surface area contributed by atoms with Gasteiger partial charge in [0.25, 0.3) is 11.8 Å². The number of benzene rings is 2. The monoisotopic (exact) mass is 559 g/mol. The highest BCUT2D eigenvalue weighted by Gasteiger charge is 2.55. The number of amides is 3. The first-order valence-corrected chi connectivity index (χ1v) is 13.7. The molecule has 5 rings (SSSR count). The van der Waals surface area contributed by atoms with Crippen molar-refractivity contribution >= 4 is 17.7 Å². The molecular formula is C29H38FN3O7. The fraction of sp³-hybridized carbons (Fsp3) is 0.483. The maximum absolute atomic E-state index is 14.8. The molecule has 3 heterocycles. The quantitative estimate of drug-likeness (QED) is 0.364. The van der Waals surface area contributed by atoms with Crippen molar-refractivity contribution in [2.75, 3.05) is 26.3 Å². The topological polar surface area (TPSA) is 129 Å². The van der Waals surface area contributed by atoms with Crippen molar-refractivity contribution in [3.05, 3.63) is 64.5 Å². The lowest BCUT2D eigenvalue weighted by atomic mass is 10.0. The summed E-state index contributed by atoms with van der Waals surface area (Å²) in [4.78, 5) is 39.7. The van der Waals surface area contributed by atoms with Crippen LogP contribution in [0.5, 0.6) is 5.75 Å². The normalized spacial score (nSPS) is 20.0. The minimum Gasteiger partial charge on any atom is -0.488 e. The van der Waals surface area contributed by atoms with Crippen molar-refractivity contribution in [3.8, 4) is 5.75 Å². The Kier molecular flexibility index (Phi) is 10.7.